The quantitative estimate of drug-likeness (QED) is 0.140. The minimum atomic E-state index is -0.322. The van der Waals surface area contributed by atoms with Crippen molar-refractivity contribution in [2.45, 2.75) is 129 Å². The summed E-state index contributed by atoms with van der Waals surface area (Å²) in [7, 11) is 0. The predicted molar refractivity (Wildman–Crippen MR) is 146 cm³/mol. The van der Waals surface area contributed by atoms with Gasteiger partial charge in [-0.2, -0.15) is 0 Å². The molecule has 0 amide bonds. The molecule has 1 heterocycles. The fourth-order valence-corrected chi connectivity index (χ4v) is 4.70. The summed E-state index contributed by atoms with van der Waals surface area (Å²) in [6, 6.07) is 16.8. The lowest BCUT2D eigenvalue weighted by Gasteiger charge is -2.11. The number of aryl methyl sites for hydroxylation is 2. The van der Waals surface area contributed by atoms with E-state index in [0.717, 1.165) is 24.3 Å². The van der Waals surface area contributed by atoms with Gasteiger partial charge in [-0.25, -0.2) is 0 Å². The van der Waals surface area contributed by atoms with Gasteiger partial charge >= 0.3 is 0 Å². The van der Waals surface area contributed by atoms with Gasteiger partial charge in [-0.05, 0) is 48.9 Å². The van der Waals surface area contributed by atoms with Crippen LogP contribution in [-0.4, -0.2) is 12.6 Å². The molecule has 1 fully saturated rings. The number of para-hydroxylation sites is 2. The molecule has 0 aliphatic carbocycles. The van der Waals surface area contributed by atoms with Crippen LogP contribution in [0.3, 0.4) is 0 Å². The zero-order valence-electron chi connectivity index (χ0n) is 22.3. The van der Waals surface area contributed by atoms with Crippen molar-refractivity contribution in [3.63, 3.8) is 0 Å². The SMILES string of the molecule is CCCCCCCCCc1ccccc1OC1OC1Oc1ccccc1CCCCCCCCC. The van der Waals surface area contributed by atoms with Crippen LogP contribution in [0.25, 0.3) is 0 Å². The summed E-state index contributed by atoms with van der Waals surface area (Å²) in [6.45, 7) is 4.54. The Morgan fingerprint density at radius 1 is 0.514 bits per heavy atom. The van der Waals surface area contributed by atoms with Crippen LogP contribution in [0.5, 0.6) is 11.5 Å². The second-order valence-corrected chi connectivity index (χ2v) is 10.1. The third-order valence-corrected chi connectivity index (χ3v) is 6.94. The number of hydrogen-bond acceptors (Lipinski definition) is 3. The first-order valence-corrected chi connectivity index (χ1v) is 14.5. The Kier molecular flexibility index (Phi) is 13.1. The van der Waals surface area contributed by atoms with Gasteiger partial charge in [0.2, 0.25) is 0 Å². The zero-order valence-corrected chi connectivity index (χ0v) is 22.3. The Balaban J connectivity index is 1.39. The number of epoxide rings is 1. The second-order valence-electron chi connectivity index (χ2n) is 10.1. The first-order valence-electron chi connectivity index (χ1n) is 14.5. The highest BCUT2D eigenvalue weighted by atomic mass is 16.9. The molecule has 0 N–H and O–H groups in total. The molecule has 2 aromatic carbocycles. The third-order valence-electron chi connectivity index (χ3n) is 6.94. The fraction of sp³-hybridized carbons (Fsp3) is 0.625. The number of hydrogen-bond donors (Lipinski definition) is 0. The van der Waals surface area contributed by atoms with E-state index in [0.29, 0.717) is 0 Å². The minimum Gasteiger partial charge on any atom is -0.458 e. The summed E-state index contributed by atoms with van der Waals surface area (Å²) >= 11 is 0. The second kappa shape index (κ2) is 16.6. The Bertz CT molecular complexity index is 750. The Hall–Kier alpha value is -2.00. The molecular formula is C32H48O3. The van der Waals surface area contributed by atoms with E-state index in [1.165, 1.54) is 101 Å². The monoisotopic (exact) mass is 480 g/mol. The average Bonchev–Trinajstić information content (AvgIpc) is 3.61. The molecule has 194 valence electrons. The van der Waals surface area contributed by atoms with Gasteiger partial charge < -0.3 is 9.47 Å². The smallest absolute Gasteiger partial charge is 0.266 e. The Labute approximate surface area is 214 Å². The van der Waals surface area contributed by atoms with Crippen LogP contribution in [0.2, 0.25) is 0 Å². The number of unbranched alkanes of at least 4 members (excludes halogenated alkanes) is 12. The highest BCUT2D eigenvalue weighted by Gasteiger charge is 2.45. The number of benzene rings is 2. The largest absolute Gasteiger partial charge is 0.458 e. The molecule has 2 atom stereocenters. The first-order chi connectivity index (χ1) is 17.3. The van der Waals surface area contributed by atoms with Crippen molar-refractivity contribution in [3.8, 4) is 11.5 Å². The summed E-state index contributed by atoms with van der Waals surface area (Å²) in [5, 5.41) is 0. The molecule has 0 spiro atoms. The van der Waals surface area contributed by atoms with Crippen LogP contribution >= 0.6 is 0 Å². The van der Waals surface area contributed by atoms with Crippen molar-refractivity contribution in [2.75, 3.05) is 0 Å². The topological polar surface area (TPSA) is 31.0 Å². The van der Waals surface area contributed by atoms with Crippen LogP contribution in [0, 0.1) is 0 Å². The lowest BCUT2D eigenvalue weighted by molar-refractivity contribution is 0.161. The van der Waals surface area contributed by atoms with Gasteiger partial charge in [0.1, 0.15) is 11.5 Å². The summed E-state index contributed by atoms with van der Waals surface area (Å²) in [4.78, 5) is 0. The number of ether oxygens (including phenoxy) is 3. The predicted octanol–water partition coefficient (Wildman–Crippen LogP) is 9.41. The van der Waals surface area contributed by atoms with Crippen molar-refractivity contribution >= 4 is 0 Å². The van der Waals surface area contributed by atoms with E-state index in [4.69, 9.17) is 14.2 Å². The lowest BCUT2D eigenvalue weighted by atomic mass is 10.0. The molecule has 0 bridgehead atoms. The minimum absolute atomic E-state index is 0.322. The Morgan fingerprint density at radius 3 is 1.31 bits per heavy atom. The fourth-order valence-electron chi connectivity index (χ4n) is 4.70. The summed E-state index contributed by atoms with van der Waals surface area (Å²) < 4.78 is 18.1. The van der Waals surface area contributed by atoms with Gasteiger partial charge in [0.15, 0.2) is 0 Å². The maximum Gasteiger partial charge on any atom is 0.266 e. The van der Waals surface area contributed by atoms with E-state index in [9.17, 15) is 0 Å². The van der Waals surface area contributed by atoms with Gasteiger partial charge in [-0.3, -0.25) is 4.74 Å². The molecule has 1 aliphatic rings. The summed E-state index contributed by atoms with van der Waals surface area (Å²) in [6.07, 6.45) is 20.0. The molecule has 3 rings (SSSR count). The molecule has 0 aromatic heterocycles. The van der Waals surface area contributed by atoms with E-state index in [2.05, 4.69) is 50.2 Å². The maximum atomic E-state index is 6.19. The van der Waals surface area contributed by atoms with E-state index in [1.807, 2.05) is 12.1 Å². The highest BCUT2D eigenvalue weighted by molar-refractivity contribution is 5.35. The van der Waals surface area contributed by atoms with E-state index in [1.54, 1.807) is 0 Å². The van der Waals surface area contributed by atoms with Crippen LogP contribution in [0.1, 0.15) is 115 Å². The van der Waals surface area contributed by atoms with Crippen LogP contribution in [0.15, 0.2) is 48.5 Å². The molecule has 3 heteroatoms. The van der Waals surface area contributed by atoms with Gasteiger partial charge in [-0.1, -0.05) is 127 Å². The molecule has 1 saturated heterocycles. The van der Waals surface area contributed by atoms with Gasteiger partial charge in [-0.15, -0.1) is 0 Å². The van der Waals surface area contributed by atoms with E-state index >= 15 is 0 Å². The van der Waals surface area contributed by atoms with Gasteiger partial charge in [0.25, 0.3) is 12.6 Å². The highest BCUT2D eigenvalue weighted by Crippen LogP contribution is 2.33. The standard InChI is InChI=1S/C32H48O3/c1-3-5-7-9-11-13-15-21-27-23-17-19-25-29(27)33-31-32(35-31)34-30-26-20-18-24-28(30)22-16-14-12-10-8-6-4-2/h17-20,23-26,31-32H,3-16,21-22H2,1-2H3. The zero-order chi connectivity index (χ0) is 24.6. The van der Waals surface area contributed by atoms with Crippen molar-refractivity contribution in [1.82, 2.24) is 0 Å². The van der Waals surface area contributed by atoms with E-state index < -0.39 is 0 Å². The summed E-state index contributed by atoms with van der Waals surface area (Å²) in [5.74, 6) is 1.87. The van der Waals surface area contributed by atoms with Crippen LogP contribution < -0.4 is 9.47 Å². The molecule has 1 aliphatic heterocycles. The molecule has 2 aromatic rings. The third kappa shape index (κ3) is 10.7. The average molecular weight is 481 g/mol. The van der Waals surface area contributed by atoms with Crippen molar-refractivity contribution in [3.05, 3.63) is 59.7 Å². The van der Waals surface area contributed by atoms with Gasteiger partial charge in [0.05, 0.1) is 0 Å². The van der Waals surface area contributed by atoms with Crippen LogP contribution in [0.4, 0.5) is 0 Å². The molecular weight excluding hydrogens is 432 g/mol. The summed E-state index contributed by atoms with van der Waals surface area (Å²) in [5.41, 5.74) is 2.55. The molecule has 0 radical (unpaired) electrons. The van der Waals surface area contributed by atoms with E-state index in [-0.39, 0.29) is 12.6 Å². The molecule has 3 nitrogen and oxygen atoms in total. The number of rotatable bonds is 20. The van der Waals surface area contributed by atoms with Gasteiger partial charge in [0, 0.05) is 0 Å². The van der Waals surface area contributed by atoms with Crippen LogP contribution in [-0.2, 0) is 17.6 Å². The lowest BCUT2D eigenvalue weighted by Crippen LogP contribution is -2.11. The van der Waals surface area contributed by atoms with Crippen molar-refractivity contribution in [2.24, 2.45) is 0 Å². The van der Waals surface area contributed by atoms with Crippen molar-refractivity contribution < 1.29 is 14.2 Å². The normalized spacial score (nSPS) is 16.9. The molecule has 0 saturated carbocycles. The molecule has 2 unspecified atom stereocenters. The maximum absolute atomic E-state index is 6.19. The Morgan fingerprint density at radius 2 is 0.886 bits per heavy atom. The van der Waals surface area contributed by atoms with Crippen molar-refractivity contribution in [1.29, 1.82) is 0 Å². The first kappa shape index (κ1) is 27.6. The molecule has 35 heavy (non-hydrogen) atoms.